The molecule has 0 aliphatic heterocycles. The molecule has 0 N–H and O–H groups in total. The Morgan fingerprint density at radius 2 is 1.31 bits per heavy atom. The highest BCUT2D eigenvalue weighted by atomic mass is 19.2. The number of carbonyl (C=O) groups is 1. The van der Waals surface area contributed by atoms with E-state index in [2.05, 4.69) is 4.74 Å². The lowest BCUT2D eigenvalue weighted by atomic mass is 9.89. The van der Waals surface area contributed by atoms with Crippen LogP contribution in [0, 0.1) is 0 Å². The van der Waals surface area contributed by atoms with Crippen LogP contribution in [0.1, 0.15) is 13.3 Å². The molecule has 94 valence electrons. The molecular formula is C9H11F5O2. The second-order valence-corrected chi connectivity index (χ2v) is 3.53. The highest BCUT2D eigenvalue weighted by Crippen LogP contribution is 2.33. The average molecular weight is 246 g/mol. The zero-order valence-corrected chi connectivity index (χ0v) is 8.38. The van der Waals surface area contributed by atoms with Crippen LogP contribution in [0.25, 0.3) is 0 Å². The quantitative estimate of drug-likeness (QED) is 0.550. The summed E-state index contributed by atoms with van der Waals surface area (Å²) in [5.74, 6) is -0.994. The van der Waals surface area contributed by atoms with Gasteiger partial charge in [0.2, 0.25) is 0 Å². The average Bonchev–Trinajstić information content (AvgIpc) is 2.29. The van der Waals surface area contributed by atoms with E-state index in [0.717, 1.165) is 0 Å². The van der Waals surface area contributed by atoms with Crippen molar-refractivity contribution in [1.82, 2.24) is 0 Å². The van der Waals surface area contributed by atoms with Crippen molar-refractivity contribution in [3.8, 4) is 0 Å². The maximum Gasteiger partial charge on any atom is 0.305 e. The van der Waals surface area contributed by atoms with Crippen LogP contribution in [0.3, 0.4) is 0 Å². The van der Waals surface area contributed by atoms with Crippen LogP contribution in [0.4, 0.5) is 22.0 Å². The maximum absolute atomic E-state index is 13.1. The Balaban J connectivity index is 2.78. The van der Waals surface area contributed by atoms with E-state index in [1.807, 2.05) is 0 Å². The van der Waals surface area contributed by atoms with E-state index in [1.54, 1.807) is 0 Å². The van der Waals surface area contributed by atoms with Crippen LogP contribution in [-0.2, 0) is 9.53 Å². The van der Waals surface area contributed by atoms with Crippen LogP contribution < -0.4 is 0 Å². The lowest BCUT2D eigenvalue weighted by Crippen LogP contribution is -2.57. The van der Waals surface area contributed by atoms with Crippen LogP contribution >= 0.6 is 0 Å². The first kappa shape index (κ1) is 13.2. The summed E-state index contributed by atoms with van der Waals surface area (Å²) in [6, 6.07) is 0. The predicted molar refractivity (Wildman–Crippen MR) is 44.7 cm³/mol. The summed E-state index contributed by atoms with van der Waals surface area (Å²) in [4.78, 5) is 10.8. The third-order valence-corrected chi connectivity index (χ3v) is 2.40. The molecule has 0 aromatic rings. The minimum absolute atomic E-state index is 0.192. The minimum atomic E-state index is -2.87. The first-order valence-corrected chi connectivity index (χ1v) is 4.80. The Kier molecular flexibility index (Phi) is 4.09. The zero-order chi connectivity index (χ0) is 12.5. The van der Waals surface area contributed by atoms with Gasteiger partial charge in [-0.3, -0.25) is 4.79 Å². The van der Waals surface area contributed by atoms with Crippen LogP contribution in [-0.4, -0.2) is 42.9 Å². The van der Waals surface area contributed by atoms with Crippen molar-refractivity contribution in [1.29, 1.82) is 0 Å². The van der Waals surface area contributed by atoms with E-state index in [0.29, 0.717) is 0 Å². The van der Waals surface area contributed by atoms with Gasteiger partial charge in [-0.2, -0.15) is 0 Å². The highest BCUT2D eigenvalue weighted by Gasteiger charge is 2.55. The van der Waals surface area contributed by atoms with Gasteiger partial charge >= 0.3 is 5.97 Å². The van der Waals surface area contributed by atoms with E-state index < -0.39 is 42.9 Å². The lowest BCUT2D eigenvalue weighted by molar-refractivity contribution is -0.175. The van der Waals surface area contributed by atoms with E-state index in [9.17, 15) is 26.7 Å². The fraction of sp³-hybridized carbons (Fsp3) is 0.889. The molecule has 4 unspecified atom stereocenters. The van der Waals surface area contributed by atoms with Gasteiger partial charge < -0.3 is 4.74 Å². The number of esters is 1. The summed E-state index contributed by atoms with van der Waals surface area (Å²) < 4.78 is 68.8. The number of rotatable bonds is 2. The van der Waals surface area contributed by atoms with Crippen LogP contribution in [0.2, 0.25) is 0 Å². The molecule has 1 saturated carbocycles. The maximum atomic E-state index is 13.1. The molecule has 1 aliphatic carbocycles. The van der Waals surface area contributed by atoms with Gasteiger partial charge in [0.1, 0.15) is 0 Å². The molecule has 0 bridgehead atoms. The number of hydrogen-bond donors (Lipinski definition) is 0. The number of halogens is 5. The number of hydrogen-bond acceptors (Lipinski definition) is 2. The van der Waals surface area contributed by atoms with Crippen LogP contribution in [0.5, 0.6) is 0 Å². The van der Waals surface area contributed by atoms with Gasteiger partial charge in [0.25, 0.3) is 0 Å². The molecule has 7 heteroatoms. The van der Waals surface area contributed by atoms with Crippen molar-refractivity contribution in [2.75, 3.05) is 0 Å². The van der Waals surface area contributed by atoms with Gasteiger partial charge in [-0.15, -0.1) is 0 Å². The Morgan fingerprint density at radius 3 is 1.69 bits per heavy atom. The van der Waals surface area contributed by atoms with Crippen molar-refractivity contribution in [3.63, 3.8) is 0 Å². The summed E-state index contributed by atoms with van der Waals surface area (Å²) in [5, 5.41) is 0. The normalized spacial score (nSPS) is 44.1. The molecule has 0 spiro atoms. The van der Waals surface area contributed by atoms with Gasteiger partial charge in [-0.1, -0.05) is 6.92 Å². The molecule has 2 nitrogen and oxygen atoms in total. The SMILES string of the molecule is CCC(=O)OC1C(F)C(F)C(F)C(F)C1F. The van der Waals surface area contributed by atoms with Gasteiger partial charge in [-0.05, 0) is 0 Å². The Bertz CT molecular complexity index is 246. The van der Waals surface area contributed by atoms with E-state index in [4.69, 9.17) is 0 Å². The summed E-state index contributed by atoms with van der Waals surface area (Å²) in [6.45, 7) is 1.35. The molecule has 0 radical (unpaired) electrons. The topological polar surface area (TPSA) is 26.3 Å². The molecule has 16 heavy (non-hydrogen) atoms. The summed E-state index contributed by atoms with van der Waals surface area (Å²) in [6.07, 6.45) is -16.3. The minimum Gasteiger partial charge on any atom is -0.456 e. The fourth-order valence-corrected chi connectivity index (χ4v) is 1.43. The van der Waals surface area contributed by atoms with E-state index in [1.165, 1.54) is 6.92 Å². The Hall–Kier alpha value is -0.880. The number of ether oxygens (including phenoxy) is 1. The van der Waals surface area contributed by atoms with Crippen molar-refractivity contribution >= 4 is 5.97 Å². The molecule has 0 aromatic carbocycles. The molecule has 1 rings (SSSR count). The predicted octanol–water partition coefficient (Wildman–Crippen LogP) is 2.01. The fourth-order valence-electron chi connectivity index (χ4n) is 1.43. The van der Waals surface area contributed by atoms with Crippen LogP contribution in [0.15, 0.2) is 0 Å². The second-order valence-electron chi connectivity index (χ2n) is 3.53. The Morgan fingerprint density at radius 1 is 0.938 bits per heavy atom. The smallest absolute Gasteiger partial charge is 0.305 e. The first-order valence-electron chi connectivity index (χ1n) is 4.80. The van der Waals surface area contributed by atoms with Crippen molar-refractivity contribution in [2.45, 2.75) is 50.3 Å². The van der Waals surface area contributed by atoms with Gasteiger partial charge in [0.15, 0.2) is 37.0 Å². The molecule has 0 aromatic heterocycles. The molecule has 1 aliphatic rings. The van der Waals surface area contributed by atoms with Gasteiger partial charge in [0, 0.05) is 6.42 Å². The summed E-state index contributed by atoms with van der Waals surface area (Å²) in [7, 11) is 0. The Labute approximate surface area is 88.8 Å². The molecular weight excluding hydrogens is 235 g/mol. The first-order chi connectivity index (χ1) is 7.40. The standard InChI is InChI=1S/C9H11F5O2/c1-2-3(15)16-9-7(13)5(11)4(10)6(12)8(9)14/h4-9H,2H2,1H3. The highest BCUT2D eigenvalue weighted by molar-refractivity contribution is 5.69. The van der Waals surface area contributed by atoms with Gasteiger partial charge in [0.05, 0.1) is 0 Å². The summed E-state index contributed by atoms with van der Waals surface area (Å²) in [5.41, 5.74) is 0. The molecule has 0 heterocycles. The van der Waals surface area contributed by atoms with Crippen molar-refractivity contribution in [3.05, 3.63) is 0 Å². The molecule has 4 atom stereocenters. The zero-order valence-electron chi connectivity index (χ0n) is 8.38. The summed E-state index contributed by atoms with van der Waals surface area (Å²) >= 11 is 0. The largest absolute Gasteiger partial charge is 0.456 e. The monoisotopic (exact) mass is 246 g/mol. The molecule has 0 amide bonds. The van der Waals surface area contributed by atoms with Gasteiger partial charge in [-0.25, -0.2) is 22.0 Å². The molecule has 1 fully saturated rings. The number of carbonyl (C=O) groups excluding carboxylic acids is 1. The van der Waals surface area contributed by atoms with Crippen molar-refractivity contribution in [2.24, 2.45) is 0 Å². The third kappa shape index (κ3) is 2.27. The van der Waals surface area contributed by atoms with E-state index >= 15 is 0 Å². The third-order valence-electron chi connectivity index (χ3n) is 2.40. The number of alkyl halides is 5. The molecule has 0 saturated heterocycles. The van der Waals surface area contributed by atoms with E-state index in [-0.39, 0.29) is 6.42 Å². The van der Waals surface area contributed by atoms with Crippen molar-refractivity contribution < 1.29 is 31.5 Å². The second kappa shape index (κ2) is 4.97. The lowest BCUT2D eigenvalue weighted by Gasteiger charge is -2.35.